The van der Waals surface area contributed by atoms with Crippen LogP contribution in [0.4, 0.5) is 0 Å². The van der Waals surface area contributed by atoms with Crippen molar-refractivity contribution < 1.29 is 0 Å². The molecule has 1 atom stereocenters. The van der Waals surface area contributed by atoms with Gasteiger partial charge in [0.2, 0.25) is 0 Å². The highest BCUT2D eigenvalue weighted by Crippen LogP contribution is 2.38. The van der Waals surface area contributed by atoms with E-state index in [1.807, 2.05) is 12.1 Å². The van der Waals surface area contributed by atoms with E-state index in [1.54, 1.807) is 0 Å². The zero-order chi connectivity index (χ0) is 13.9. The quantitative estimate of drug-likeness (QED) is 0.885. The summed E-state index contributed by atoms with van der Waals surface area (Å²) in [6, 6.07) is 10.7. The molecular weight excluding hydrogens is 234 g/mol. The van der Waals surface area contributed by atoms with E-state index < -0.39 is 0 Å². The monoisotopic (exact) mass is 257 g/mol. The molecule has 3 heteroatoms. The maximum absolute atomic E-state index is 8.91. The van der Waals surface area contributed by atoms with E-state index in [4.69, 9.17) is 5.26 Å². The third kappa shape index (κ3) is 3.34. The number of nitrogens with zero attached hydrogens (tertiary/aromatic N) is 2. The van der Waals surface area contributed by atoms with E-state index in [2.05, 4.69) is 49.2 Å². The van der Waals surface area contributed by atoms with Gasteiger partial charge in [0.05, 0.1) is 11.6 Å². The number of rotatable bonds is 2. The Bertz CT molecular complexity index is 444. The second-order valence-electron chi connectivity index (χ2n) is 6.29. The fourth-order valence-corrected chi connectivity index (χ4v) is 2.94. The van der Waals surface area contributed by atoms with Crippen molar-refractivity contribution in [1.29, 1.82) is 5.26 Å². The molecule has 0 aromatic heterocycles. The highest BCUT2D eigenvalue weighted by molar-refractivity contribution is 5.33. The van der Waals surface area contributed by atoms with Crippen molar-refractivity contribution in [3.8, 4) is 6.07 Å². The zero-order valence-corrected chi connectivity index (χ0v) is 12.1. The minimum absolute atomic E-state index is 0.186. The van der Waals surface area contributed by atoms with Crippen LogP contribution in [0.5, 0.6) is 0 Å². The van der Waals surface area contributed by atoms with Gasteiger partial charge in [0.1, 0.15) is 0 Å². The molecule has 1 aliphatic heterocycles. The Morgan fingerprint density at radius 1 is 1.16 bits per heavy atom. The van der Waals surface area contributed by atoms with Gasteiger partial charge in [-0.2, -0.15) is 5.26 Å². The Morgan fingerprint density at radius 2 is 1.74 bits per heavy atom. The van der Waals surface area contributed by atoms with Crippen LogP contribution >= 0.6 is 0 Å². The molecule has 0 amide bonds. The Morgan fingerprint density at radius 3 is 2.21 bits per heavy atom. The summed E-state index contributed by atoms with van der Waals surface area (Å²) in [5, 5.41) is 12.3. The standard InChI is InChI=1S/C16H23N3/c1-16(2,3)15(19-10-8-18-9-11-19)14-6-4-13(12-17)5-7-14/h4-7,15,18H,8-11H2,1-3H3/t15-/m0/s1. The number of nitrogens with one attached hydrogen (secondary N) is 1. The summed E-state index contributed by atoms with van der Waals surface area (Å²) < 4.78 is 0. The molecule has 0 radical (unpaired) electrons. The molecule has 0 bridgehead atoms. The second-order valence-corrected chi connectivity index (χ2v) is 6.29. The lowest BCUT2D eigenvalue weighted by Crippen LogP contribution is -2.48. The topological polar surface area (TPSA) is 39.1 Å². The highest BCUT2D eigenvalue weighted by atomic mass is 15.2. The van der Waals surface area contributed by atoms with Crippen molar-refractivity contribution in [1.82, 2.24) is 10.2 Å². The first-order chi connectivity index (χ1) is 9.02. The number of benzene rings is 1. The van der Waals surface area contributed by atoms with Crippen LogP contribution in [0.3, 0.4) is 0 Å². The first-order valence-electron chi connectivity index (χ1n) is 6.97. The van der Waals surface area contributed by atoms with E-state index in [0.29, 0.717) is 6.04 Å². The van der Waals surface area contributed by atoms with E-state index in [1.165, 1.54) is 5.56 Å². The fraction of sp³-hybridized carbons (Fsp3) is 0.562. The van der Waals surface area contributed by atoms with Crippen LogP contribution in [-0.2, 0) is 0 Å². The molecule has 1 heterocycles. The minimum Gasteiger partial charge on any atom is -0.314 e. The Hall–Kier alpha value is -1.37. The lowest BCUT2D eigenvalue weighted by Gasteiger charge is -2.42. The van der Waals surface area contributed by atoms with Crippen LogP contribution in [0.1, 0.15) is 37.9 Å². The normalized spacial score (nSPS) is 18.8. The van der Waals surface area contributed by atoms with Gasteiger partial charge in [0.15, 0.2) is 0 Å². The van der Waals surface area contributed by atoms with Gasteiger partial charge in [-0.1, -0.05) is 32.9 Å². The van der Waals surface area contributed by atoms with Gasteiger partial charge < -0.3 is 5.32 Å². The molecule has 1 aromatic rings. The Labute approximate surface area is 116 Å². The van der Waals surface area contributed by atoms with Crippen LogP contribution < -0.4 is 5.32 Å². The first kappa shape index (κ1) is 14.0. The number of nitriles is 1. The summed E-state index contributed by atoms with van der Waals surface area (Å²) in [5.41, 5.74) is 2.23. The van der Waals surface area contributed by atoms with E-state index in [-0.39, 0.29) is 5.41 Å². The molecule has 0 aliphatic carbocycles. The largest absolute Gasteiger partial charge is 0.314 e. The van der Waals surface area contributed by atoms with Crippen molar-refractivity contribution in [2.75, 3.05) is 26.2 Å². The van der Waals surface area contributed by atoms with E-state index in [0.717, 1.165) is 31.7 Å². The molecule has 1 fully saturated rings. The van der Waals surface area contributed by atoms with Crippen LogP contribution in [0, 0.1) is 16.7 Å². The summed E-state index contributed by atoms with van der Waals surface area (Å²) in [6.07, 6.45) is 0. The summed E-state index contributed by atoms with van der Waals surface area (Å²) >= 11 is 0. The molecule has 0 spiro atoms. The van der Waals surface area contributed by atoms with Crippen LogP contribution in [0.25, 0.3) is 0 Å². The summed E-state index contributed by atoms with van der Waals surface area (Å²) in [5.74, 6) is 0. The lowest BCUT2D eigenvalue weighted by molar-refractivity contribution is 0.0862. The van der Waals surface area contributed by atoms with Crippen LogP contribution in [0.15, 0.2) is 24.3 Å². The first-order valence-corrected chi connectivity index (χ1v) is 6.97. The van der Waals surface area contributed by atoms with Crippen molar-refractivity contribution in [3.05, 3.63) is 35.4 Å². The molecule has 1 aliphatic rings. The van der Waals surface area contributed by atoms with Crippen molar-refractivity contribution >= 4 is 0 Å². The predicted molar refractivity (Wildman–Crippen MR) is 77.8 cm³/mol. The smallest absolute Gasteiger partial charge is 0.0991 e. The maximum atomic E-state index is 8.91. The van der Waals surface area contributed by atoms with Gasteiger partial charge in [-0.15, -0.1) is 0 Å². The van der Waals surface area contributed by atoms with Gasteiger partial charge in [-0.05, 0) is 23.1 Å². The molecule has 19 heavy (non-hydrogen) atoms. The molecule has 3 nitrogen and oxygen atoms in total. The van der Waals surface area contributed by atoms with Gasteiger partial charge in [0, 0.05) is 32.2 Å². The average molecular weight is 257 g/mol. The van der Waals surface area contributed by atoms with Crippen molar-refractivity contribution in [2.45, 2.75) is 26.8 Å². The van der Waals surface area contributed by atoms with Crippen molar-refractivity contribution in [2.24, 2.45) is 5.41 Å². The molecule has 2 rings (SSSR count). The molecular formula is C16H23N3. The molecule has 1 saturated heterocycles. The molecule has 1 N–H and O–H groups in total. The fourth-order valence-electron chi connectivity index (χ4n) is 2.94. The lowest BCUT2D eigenvalue weighted by atomic mass is 9.81. The van der Waals surface area contributed by atoms with Gasteiger partial charge in [-0.25, -0.2) is 0 Å². The average Bonchev–Trinajstić information content (AvgIpc) is 2.39. The maximum Gasteiger partial charge on any atom is 0.0991 e. The summed E-state index contributed by atoms with van der Waals surface area (Å²) in [4.78, 5) is 2.55. The van der Waals surface area contributed by atoms with Gasteiger partial charge >= 0.3 is 0 Å². The molecule has 0 saturated carbocycles. The Kier molecular flexibility index (Phi) is 4.24. The summed E-state index contributed by atoms with van der Waals surface area (Å²) in [6.45, 7) is 11.2. The molecule has 0 unspecified atom stereocenters. The molecule has 102 valence electrons. The zero-order valence-electron chi connectivity index (χ0n) is 12.1. The highest BCUT2D eigenvalue weighted by Gasteiger charge is 2.32. The Balaban J connectivity index is 2.28. The van der Waals surface area contributed by atoms with Crippen LogP contribution in [0.2, 0.25) is 0 Å². The third-order valence-corrected chi connectivity index (χ3v) is 3.69. The number of hydrogen-bond acceptors (Lipinski definition) is 3. The number of hydrogen-bond donors (Lipinski definition) is 1. The van der Waals surface area contributed by atoms with Crippen LogP contribution in [-0.4, -0.2) is 31.1 Å². The third-order valence-electron chi connectivity index (χ3n) is 3.69. The van der Waals surface area contributed by atoms with Gasteiger partial charge in [-0.3, -0.25) is 4.90 Å². The number of piperazine rings is 1. The predicted octanol–water partition coefficient (Wildman–Crippen LogP) is 2.55. The van der Waals surface area contributed by atoms with Gasteiger partial charge in [0.25, 0.3) is 0 Å². The van der Waals surface area contributed by atoms with Crippen molar-refractivity contribution in [3.63, 3.8) is 0 Å². The minimum atomic E-state index is 0.186. The SMILES string of the molecule is CC(C)(C)[C@H](c1ccc(C#N)cc1)N1CCNCC1. The molecule has 1 aromatic carbocycles. The van der Waals surface area contributed by atoms with E-state index >= 15 is 0 Å². The summed E-state index contributed by atoms with van der Waals surface area (Å²) in [7, 11) is 0. The second kappa shape index (κ2) is 5.73. The van der Waals surface area contributed by atoms with E-state index in [9.17, 15) is 0 Å².